The molecule has 0 bridgehead atoms. The van der Waals surface area contributed by atoms with Crippen molar-refractivity contribution in [1.29, 1.82) is 0 Å². The first-order valence-electron chi connectivity index (χ1n) is 9.31. The van der Waals surface area contributed by atoms with Crippen LogP contribution in [0.4, 0.5) is 4.39 Å². The average Bonchev–Trinajstić information content (AvgIpc) is 2.69. The van der Waals surface area contributed by atoms with E-state index in [1.54, 1.807) is 12.1 Å². The molecule has 0 radical (unpaired) electrons. The highest BCUT2D eigenvalue weighted by molar-refractivity contribution is 5.88. The van der Waals surface area contributed by atoms with E-state index in [1.165, 1.54) is 24.1 Å². The molecule has 1 atom stereocenters. The Morgan fingerprint density at radius 2 is 1.82 bits per heavy atom. The van der Waals surface area contributed by atoms with Crippen LogP contribution in [0.25, 0.3) is 0 Å². The van der Waals surface area contributed by atoms with Gasteiger partial charge in [0.2, 0.25) is 5.91 Å². The fourth-order valence-electron chi connectivity index (χ4n) is 2.98. The number of nitrogens with one attached hydrogen (secondary N) is 1. The SMILES string of the molecule is CC[C@H](C(=O)NC)N(Cc1ccc(F)cc1)C(=O)COc1cccc(C)c1C. The molecule has 2 amide bonds. The smallest absolute Gasteiger partial charge is 0.261 e. The van der Waals surface area contributed by atoms with Gasteiger partial charge in [-0.25, -0.2) is 4.39 Å². The zero-order valence-corrected chi connectivity index (χ0v) is 16.8. The second kappa shape index (κ2) is 9.88. The monoisotopic (exact) mass is 386 g/mol. The number of aryl methyl sites for hydroxylation is 1. The number of rotatable bonds is 8. The first kappa shape index (κ1) is 21.4. The van der Waals surface area contributed by atoms with Crippen molar-refractivity contribution in [3.05, 3.63) is 65.0 Å². The minimum absolute atomic E-state index is 0.182. The maximum atomic E-state index is 13.2. The van der Waals surface area contributed by atoms with Crippen molar-refractivity contribution in [1.82, 2.24) is 10.2 Å². The zero-order chi connectivity index (χ0) is 20.7. The standard InChI is InChI=1S/C22H27FN2O3/c1-5-19(22(27)24-4)25(13-17-9-11-18(23)12-10-17)21(26)14-28-20-8-6-7-15(2)16(20)3/h6-12,19H,5,13-14H2,1-4H3,(H,24,27)/t19-/m1/s1. The average molecular weight is 386 g/mol. The molecule has 2 aromatic rings. The number of likely N-dealkylation sites (N-methyl/N-ethyl adjacent to an activating group) is 1. The molecule has 2 aromatic carbocycles. The minimum Gasteiger partial charge on any atom is -0.483 e. The largest absolute Gasteiger partial charge is 0.483 e. The van der Waals surface area contributed by atoms with Crippen LogP contribution in [0, 0.1) is 19.7 Å². The van der Waals surface area contributed by atoms with E-state index in [-0.39, 0.29) is 30.8 Å². The summed E-state index contributed by atoms with van der Waals surface area (Å²) >= 11 is 0. The van der Waals surface area contributed by atoms with Crippen LogP contribution in [0.2, 0.25) is 0 Å². The van der Waals surface area contributed by atoms with Crippen LogP contribution in [-0.2, 0) is 16.1 Å². The molecule has 0 spiro atoms. The lowest BCUT2D eigenvalue weighted by molar-refractivity contribution is -0.142. The van der Waals surface area contributed by atoms with E-state index in [1.807, 2.05) is 39.0 Å². The third kappa shape index (κ3) is 5.31. The van der Waals surface area contributed by atoms with E-state index in [9.17, 15) is 14.0 Å². The molecule has 5 nitrogen and oxygen atoms in total. The first-order chi connectivity index (χ1) is 13.4. The number of hydrogen-bond donors (Lipinski definition) is 1. The van der Waals surface area contributed by atoms with Gasteiger partial charge in [0.05, 0.1) is 0 Å². The molecule has 28 heavy (non-hydrogen) atoms. The summed E-state index contributed by atoms with van der Waals surface area (Å²) in [7, 11) is 1.54. The number of amides is 2. The van der Waals surface area contributed by atoms with Gasteiger partial charge in [0.25, 0.3) is 5.91 Å². The number of benzene rings is 2. The second-order valence-corrected chi connectivity index (χ2v) is 6.67. The van der Waals surface area contributed by atoms with Crippen molar-refractivity contribution in [3.8, 4) is 5.75 Å². The van der Waals surface area contributed by atoms with Gasteiger partial charge < -0.3 is 15.0 Å². The van der Waals surface area contributed by atoms with Gasteiger partial charge >= 0.3 is 0 Å². The van der Waals surface area contributed by atoms with E-state index in [0.717, 1.165) is 16.7 Å². The lowest BCUT2D eigenvalue weighted by Crippen LogP contribution is -2.49. The normalized spacial score (nSPS) is 11.6. The summed E-state index contributed by atoms with van der Waals surface area (Å²) in [6.45, 7) is 5.77. The summed E-state index contributed by atoms with van der Waals surface area (Å²) in [5.41, 5.74) is 2.78. The van der Waals surface area contributed by atoms with E-state index in [0.29, 0.717) is 12.2 Å². The second-order valence-electron chi connectivity index (χ2n) is 6.67. The number of hydrogen-bond acceptors (Lipinski definition) is 3. The van der Waals surface area contributed by atoms with E-state index < -0.39 is 6.04 Å². The quantitative estimate of drug-likeness (QED) is 0.757. The van der Waals surface area contributed by atoms with Crippen LogP contribution in [0.3, 0.4) is 0 Å². The molecule has 0 unspecified atom stereocenters. The van der Waals surface area contributed by atoms with Crippen molar-refractivity contribution in [2.45, 2.75) is 39.8 Å². The molecule has 0 aliphatic rings. The van der Waals surface area contributed by atoms with Crippen LogP contribution in [0.15, 0.2) is 42.5 Å². The van der Waals surface area contributed by atoms with Crippen LogP contribution in [0.5, 0.6) is 5.75 Å². The zero-order valence-electron chi connectivity index (χ0n) is 16.8. The molecule has 150 valence electrons. The topological polar surface area (TPSA) is 58.6 Å². The highest BCUT2D eigenvalue weighted by atomic mass is 19.1. The van der Waals surface area contributed by atoms with Crippen molar-refractivity contribution < 1.29 is 18.7 Å². The highest BCUT2D eigenvalue weighted by Gasteiger charge is 2.28. The molecule has 0 saturated heterocycles. The molecule has 0 aromatic heterocycles. The van der Waals surface area contributed by atoms with Gasteiger partial charge in [-0.05, 0) is 55.2 Å². The predicted octanol–water partition coefficient (Wildman–Crippen LogP) is 3.37. The maximum Gasteiger partial charge on any atom is 0.261 e. The Balaban J connectivity index is 2.21. The number of halogens is 1. The molecular formula is C22H27FN2O3. The van der Waals surface area contributed by atoms with Crippen molar-refractivity contribution in [2.75, 3.05) is 13.7 Å². The third-order valence-corrected chi connectivity index (χ3v) is 4.80. The van der Waals surface area contributed by atoms with Gasteiger partial charge in [-0.15, -0.1) is 0 Å². The van der Waals surface area contributed by atoms with Crippen LogP contribution in [0.1, 0.15) is 30.0 Å². The summed E-state index contributed by atoms with van der Waals surface area (Å²) in [4.78, 5) is 26.7. The van der Waals surface area contributed by atoms with Crippen LogP contribution < -0.4 is 10.1 Å². The Bertz CT molecular complexity index is 821. The summed E-state index contributed by atoms with van der Waals surface area (Å²) < 4.78 is 18.9. The maximum absolute atomic E-state index is 13.2. The lowest BCUT2D eigenvalue weighted by atomic mass is 10.1. The molecular weight excluding hydrogens is 359 g/mol. The lowest BCUT2D eigenvalue weighted by Gasteiger charge is -2.30. The Morgan fingerprint density at radius 1 is 1.14 bits per heavy atom. The fourth-order valence-corrected chi connectivity index (χ4v) is 2.98. The summed E-state index contributed by atoms with van der Waals surface area (Å²) in [5, 5.41) is 2.60. The van der Waals surface area contributed by atoms with Gasteiger partial charge in [0.1, 0.15) is 17.6 Å². The van der Waals surface area contributed by atoms with E-state index in [4.69, 9.17) is 4.74 Å². The number of nitrogens with zero attached hydrogens (tertiary/aromatic N) is 1. The molecule has 0 fully saturated rings. The van der Waals surface area contributed by atoms with Gasteiger partial charge in [0, 0.05) is 13.6 Å². The van der Waals surface area contributed by atoms with Gasteiger partial charge in [-0.1, -0.05) is 31.2 Å². The van der Waals surface area contributed by atoms with Crippen LogP contribution in [-0.4, -0.2) is 36.4 Å². The predicted molar refractivity (Wildman–Crippen MR) is 107 cm³/mol. The summed E-state index contributed by atoms with van der Waals surface area (Å²) in [6.07, 6.45) is 0.454. The third-order valence-electron chi connectivity index (χ3n) is 4.80. The number of carbonyl (C=O) groups excluding carboxylic acids is 2. The Kier molecular flexibility index (Phi) is 7.55. The Morgan fingerprint density at radius 3 is 2.43 bits per heavy atom. The molecule has 0 aliphatic carbocycles. The molecule has 0 aliphatic heterocycles. The number of carbonyl (C=O) groups is 2. The summed E-state index contributed by atoms with van der Waals surface area (Å²) in [6, 6.07) is 10.9. The van der Waals surface area contributed by atoms with Crippen molar-refractivity contribution >= 4 is 11.8 Å². The Hall–Kier alpha value is -2.89. The van der Waals surface area contributed by atoms with Crippen molar-refractivity contribution in [2.24, 2.45) is 0 Å². The Labute approximate surface area is 165 Å². The van der Waals surface area contributed by atoms with Gasteiger partial charge in [-0.3, -0.25) is 9.59 Å². The van der Waals surface area contributed by atoms with E-state index >= 15 is 0 Å². The fraction of sp³-hybridized carbons (Fsp3) is 0.364. The van der Waals surface area contributed by atoms with E-state index in [2.05, 4.69) is 5.32 Å². The minimum atomic E-state index is -0.634. The van der Waals surface area contributed by atoms with Gasteiger partial charge in [-0.2, -0.15) is 0 Å². The molecule has 0 saturated carbocycles. The molecule has 0 heterocycles. The molecule has 1 N–H and O–H groups in total. The summed E-state index contributed by atoms with van der Waals surface area (Å²) in [5.74, 6) is -0.258. The molecule has 6 heteroatoms. The molecule has 2 rings (SSSR count). The first-order valence-corrected chi connectivity index (χ1v) is 9.31. The number of ether oxygens (including phenoxy) is 1. The highest BCUT2D eigenvalue weighted by Crippen LogP contribution is 2.21. The van der Waals surface area contributed by atoms with Crippen LogP contribution >= 0.6 is 0 Å². The van der Waals surface area contributed by atoms with Gasteiger partial charge in [0.15, 0.2) is 6.61 Å². The van der Waals surface area contributed by atoms with Crippen molar-refractivity contribution in [3.63, 3.8) is 0 Å².